The molecule has 2 N–H and O–H groups in total. The first-order valence-corrected chi connectivity index (χ1v) is 10.1. The number of nitrogens with one attached hydrogen (secondary N) is 2. The normalized spacial score (nSPS) is 14.8. The van der Waals surface area contributed by atoms with E-state index in [2.05, 4.69) is 15.3 Å². The second-order valence-electron chi connectivity index (χ2n) is 7.55. The van der Waals surface area contributed by atoms with Gasteiger partial charge >= 0.3 is 6.18 Å². The molecular weight excluding hydrogens is 393 g/mol. The fourth-order valence-electron chi connectivity index (χ4n) is 3.81. The lowest BCUT2D eigenvalue weighted by Gasteiger charge is -2.30. The number of benzene rings is 1. The maximum atomic E-state index is 13.2. The zero-order valence-corrected chi connectivity index (χ0v) is 16.4. The summed E-state index contributed by atoms with van der Waals surface area (Å²) in [6.07, 6.45) is 0.758. The summed E-state index contributed by atoms with van der Waals surface area (Å²) in [4.78, 5) is 21.4. The van der Waals surface area contributed by atoms with Gasteiger partial charge in [-0.2, -0.15) is 13.2 Å². The minimum Gasteiger partial charge on any atom is -0.361 e. The SMILES string of the molecule is O=C(CCc1ccc(C(F)(F)F)nc1N1CCCCC1)Nc1ccc2cc[nH]c2c1. The number of nitrogens with zero attached hydrogens (tertiary/aromatic N) is 2. The van der Waals surface area contributed by atoms with Crippen LogP contribution in [0.1, 0.15) is 36.9 Å². The molecule has 8 heteroatoms. The van der Waals surface area contributed by atoms with Crippen LogP contribution in [0.25, 0.3) is 10.9 Å². The van der Waals surface area contributed by atoms with Crippen molar-refractivity contribution >= 4 is 28.3 Å². The van der Waals surface area contributed by atoms with Gasteiger partial charge in [-0.05, 0) is 60.9 Å². The zero-order chi connectivity index (χ0) is 21.1. The lowest BCUT2D eigenvalue weighted by atomic mass is 10.1. The van der Waals surface area contributed by atoms with Crippen LogP contribution in [0.5, 0.6) is 0 Å². The topological polar surface area (TPSA) is 61.0 Å². The average molecular weight is 416 g/mol. The van der Waals surface area contributed by atoms with E-state index in [0.717, 1.165) is 36.2 Å². The van der Waals surface area contributed by atoms with Crippen molar-refractivity contribution in [3.8, 4) is 0 Å². The Morgan fingerprint density at radius 2 is 1.90 bits per heavy atom. The highest BCUT2D eigenvalue weighted by molar-refractivity contribution is 5.93. The quantitative estimate of drug-likeness (QED) is 0.605. The maximum Gasteiger partial charge on any atom is 0.433 e. The van der Waals surface area contributed by atoms with Crippen molar-refractivity contribution < 1.29 is 18.0 Å². The first-order chi connectivity index (χ1) is 14.4. The van der Waals surface area contributed by atoms with Crippen LogP contribution in [-0.4, -0.2) is 29.0 Å². The van der Waals surface area contributed by atoms with Crippen LogP contribution in [0, 0.1) is 0 Å². The molecule has 0 spiro atoms. The van der Waals surface area contributed by atoms with Gasteiger partial charge in [0.1, 0.15) is 11.5 Å². The lowest BCUT2D eigenvalue weighted by Crippen LogP contribution is -2.32. The molecule has 4 rings (SSSR count). The Morgan fingerprint density at radius 1 is 1.10 bits per heavy atom. The van der Waals surface area contributed by atoms with Crippen molar-refractivity contribution in [2.75, 3.05) is 23.3 Å². The number of fused-ring (bicyclic) bond motifs is 1. The molecule has 5 nitrogen and oxygen atoms in total. The first-order valence-electron chi connectivity index (χ1n) is 10.1. The van der Waals surface area contributed by atoms with Gasteiger partial charge in [-0.15, -0.1) is 0 Å². The van der Waals surface area contributed by atoms with Crippen LogP contribution in [-0.2, 0) is 17.4 Å². The zero-order valence-electron chi connectivity index (χ0n) is 16.4. The summed E-state index contributed by atoms with van der Waals surface area (Å²) in [6.45, 7) is 1.37. The number of alkyl halides is 3. The number of aromatic amines is 1. The van der Waals surface area contributed by atoms with E-state index in [1.54, 1.807) is 0 Å². The van der Waals surface area contributed by atoms with E-state index in [1.807, 2.05) is 35.4 Å². The molecule has 2 aromatic heterocycles. The molecule has 0 radical (unpaired) electrons. The van der Waals surface area contributed by atoms with Gasteiger partial charge in [0, 0.05) is 36.9 Å². The molecule has 1 aromatic carbocycles. The Bertz CT molecular complexity index is 1040. The summed E-state index contributed by atoms with van der Waals surface area (Å²) in [5, 5.41) is 3.91. The van der Waals surface area contributed by atoms with Crippen LogP contribution in [0.4, 0.5) is 24.7 Å². The molecule has 0 aliphatic carbocycles. The second-order valence-corrected chi connectivity index (χ2v) is 7.55. The van der Waals surface area contributed by atoms with Gasteiger partial charge in [-0.1, -0.05) is 12.1 Å². The number of pyridine rings is 1. The highest BCUT2D eigenvalue weighted by atomic mass is 19.4. The van der Waals surface area contributed by atoms with Crippen LogP contribution < -0.4 is 10.2 Å². The largest absolute Gasteiger partial charge is 0.433 e. The number of rotatable bonds is 5. The number of H-pyrrole nitrogens is 1. The van der Waals surface area contributed by atoms with Gasteiger partial charge in [-0.3, -0.25) is 4.79 Å². The third kappa shape index (κ3) is 4.58. The van der Waals surface area contributed by atoms with E-state index in [-0.39, 0.29) is 12.3 Å². The summed E-state index contributed by atoms with van der Waals surface area (Å²) in [5.74, 6) is 0.163. The highest BCUT2D eigenvalue weighted by Crippen LogP contribution is 2.32. The van der Waals surface area contributed by atoms with Gasteiger partial charge in [0.25, 0.3) is 0 Å². The van der Waals surface area contributed by atoms with Gasteiger partial charge in [-0.25, -0.2) is 4.98 Å². The number of amides is 1. The van der Waals surface area contributed by atoms with E-state index >= 15 is 0 Å². The third-order valence-electron chi connectivity index (χ3n) is 5.36. The number of aromatic nitrogens is 2. The number of carbonyl (C=O) groups excluding carboxylic acids is 1. The van der Waals surface area contributed by atoms with E-state index in [0.29, 0.717) is 36.6 Å². The maximum absolute atomic E-state index is 13.2. The molecular formula is C22H23F3N4O. The minimum absolute atomic E-state index is 0.163. The van der Waals surface area contributed by atoms with Crippen LogP contribution in [0.15, 0.2) is 42.6 Å². The fraction of sp³-hybridized carbons (Fsp3) is 0.364. The molecule has 0 unspecified atom stereocenters. The molecule has 3 heterocycles. The van der Waals surface area contributed by atoms with Crippen molar-refractivity contribution in [2.45, 2.75) is 38.3 Å². The Balaban J connectivity index is 1.47. The van der Waals surface area contributed by atoms with E-state index in [4.69, 9.17) is 0 Å². The van der Waals surface area contributed by atoms with Crippen molar-refractivity contribution in [1.82, 2.24) is 9.97 Å². The molecule has 0 saturated carbocycles. The van der Waals surface area contributed by atoms with E-state index < -0.39 is 11.9 Å². The number of hydrogen-bond acceptors (Lipinski definition) is 3. The standard InChI is InChI=1S/C22H23F3N4O/c23-22(24,25)19-8-5-16(21(28-19)29-12-2-1-3-13-29)6-9-20(30)27-17-7-4-15-10-11-26-18(15)14-17/h4-5,7-8,10-11,14,26H,1-3,6,9,12-13H2,(H,27,30). The highest BCUT2D eigenvalue weighted by Gasteiger charge is 2.33. The molecule has 0 bridgehead atoms. The van der Waals surface area contributed by atoms with E-state index in [1.165, 1.54) is 6.07 Å². The first kappa shape index (κ1) is 20.3. The summed E-state index contributed by atoms with van der Waals surface area (Å²) >= 11 is 0. The number of carbonyl (C=O) groups is 1. The van der Waals surface area contributed by atoms with Gasteiger partial charge < -0.3 is 15.2 Å². The lowest BCUT2D eigenvalue weighted by molar-refractivity contribution is -0.141. The predicted molar refractivity (Wildman–Crippen MR) is 111 cm³/mol. The van der Waals surface area contributed by atoms with Gasteiger partial charge in [0.05, 0.1) is 0 Å². The molecule has 1 aliphatic heterocycles. The van der Waals surface area contributed by atoms with Crippen LogP contribution >= 0.6 is 0 Å². The molecule has 1 aliphatic rings. The van der Waals surface area contributed by atoms with Crippen molar-refractivity contribution in [3.05, 3.63) is 53.9 Å². The molecule has 0 atom stereocenters. The number of piperidine rings is 1. The van der Waals surface area contributed by atoms with Crippen molar-refractivity contribution in [3.63, 3.8) is 0 Å². The number of hydrogen-bond donors (Lipinski definition) is 2. The summed E-state index contributed by atoms with van der Waals surface area (Å²) in [7, 11) is 0. The Labute approximate surface area is 172 Å². The van der Waals surface area contributed by atoms with Crippen molar-refractivity contribution in [2.24, 2.45) is 0 Å². The number of aryl methyl sites for hydroxylation is 1. The van der Waals surface area contributed by atoms with E-state index in [9.17, 15) is 18.0 Å². The molecule has 158 valence electrons. The fourth-order valence-corrected chi connectivity index (χ4v) is 3.81. The van der Waals surface area contributed by atoms with Crippen molar-refractivity contribution in [1.29, 1.82) is 0 Å². The van der Waals surface area contributed by atoms with Gasteiger partial charge in [0.2, 0.25) is 5.91 Å². The number of halogens is 3. The summed E-state index contributed by atoms with van der Waals surface area (Å²) < 4.78 is 39.5. The monoisotopic (exact) mass is 416 g/mol. The Kier molecular flexibility index (Phi) is 5.65. The van der Waals surface area contributed by atoms with Crippen LogP contribution in [0.2, 0.25) is 0 Å². The number of anilines is 2. The summed E-state index contributed by atoms with van der Waals surface area (Å²) in [6, 6.07) is 9.99. The smallest absolute Gasteiger partial charge is 0.361 e. The minimum atomic E-state index is -4.49. The summed E-state index contributed by atoms with van der Waals surface area (Å²) in [5.41, 5.74) is 1.37. The van der Waals surface area contributed by atoms with Gasteiger partial charge in [0.15, 0.2) is 0 Å². The molecule has 1 fully saturated rings. The third-order valence-corrected chi connectivity index (χ3v) is 5.36. The second kappa shape index (κ2) is 8.38. The predicted octanol–water partition coefficient (Wildman–Crippen LogP) is 5.14. The Morgan fingerprint density at radius 3 is 2.67 bits per heavy atom. The molecule has 1 amide bonds. The molecule has 3 aromatic rings. The molecule has 1 saturated heterocycles. The van der Waals surface area contributed by atoms with Crippen LogP contribution in [0.3, 0.4) is 0 Å². The molecule has 30 heavy (non-hydrogen) atoms. The average Bonchev–Trinajstić information content (AvgIpc) is 3.20. The Hall–Kier alpha value is -3.03.